The first-order valence-corrected chi connectivity index (χ1v) is 5.01. The summed E-state index contributed by atoms with van der Waals surface area (Å²) in [4.78, 5) is 34.9. The second-order valence-corrected chi connectivity index (χ2v) is 3.22. The Morgan fingerprint density at radius 3 is 2.69 bits per heavy atom. The molecule has 0 fully saturated rings. The normalized spacial score (nSPS) is 11.1. The Kier molecular flexibility index (Phi) is 7.44. The number of hydrogen-bond acceptors (Lipinski definition) is 4. The number of amides is 4. The van der Waals surface area contributed by atoms with Gasteiger partial charge in [0.25, 0.3) is 0 Å². The van der Waals surface area contributed by atoms with Crippen molar-refractivity contribution in [2.24, 2.45) is 10.7 Å². The molecule has 0 saturated heterocycles. The van der Waals surface area contributed by atoms with Gasteiger partial charge in [-0.25, -0.2) is 19.4 Å². The van der Waals surface area contributed by atoms with E-state index < -0.39 is 12.1 Å². The van der Waals surface area contributed by atoms with Gasteiger partial charge in [0.2, 0.25) is 6.08 Å². The van der Waals surface area contributed by atoms with Crippen LogP contribution in [0.15, 0.2) is 4.99 Å². The molecule has 0 radical (unpaired) electrons. The van der Waals surface area contributed by atoms with Gasteiger partial charge in [0.05, 0.1) is 6.04 Å². The lowest BCUT2D eigenvalue weighted by molar-refractivity contribution is 0.231. The van der Waals surface area contributed by atoms with Crippen molar-refractivity contribution in [1.29, 1.82) is 0 Å². The Hall–Kier alpha value is -1.88. The second kappa shape index (κ2) is 8.43. The maximum Gasteiger partial charge on any atom is 0.322 e. The lowest BCUT2D eigenvalue weighted by Gasteiger charge is -2.10. The van der Waals surface area contributed by atoms with Gasteiger partial charge in [0.15, 0.2) is 0 Å². The van der Waals surface area contributed by atoms with Crippen LogP contribution < -0.4 is 16.4 Å². The van der Waals surface area contributed by atoms with Gasteiger partial charge in [-0.05, 0) is 6.42 Å². The number of imide groups is 1. The number of carbonyl (C=O) groups excluding carboxylic acids is 3. The average molecular weight is 228 g/mol. The van der Waals surface area contributed by atoms with E-state index in [0.717, 1.165) is 12.8 Å². The van der Waals surface area contributed by atoms with Gasteiger partial charge >= 0.3 is 12.1 Å². The third kappa shape index (κ3) is 7.52. The zero-order valence-electron chi connectivity index (χ0n) is 9.16. The summed E-state index contributed by atoms with van der Waals surface area (Å²) in [6.45, 7) is 2.18. The van der Waals surface area contributed by atoms with Gasteiger partial charge < -0.3 is 11.1 Å². The maximum atomic E-state index is 11.0. The third-order valence-electron chi connectivity index (χ3n) is 1.86. The van der Waals surface area contributed by atoms with Crippen molar-refractivity contribution in [3.05, 3.63) is 0 Å². The fraction of sp³-hybridized carbons (Fsp3) is 0.667. The molecule has 4 N–H and O–H groups in total. The molecule has 0 aliphatic rings. The highest BCUT2D eigenvalue weighted by molar-refractivity contribution is 5.92. The van der Waals surface area contributed by atoms with Gasteiger partial charge in [0.1, 0.15) is 0 Å². The van der Waals surface area contributed by atoms with Crippen LogP contribution in [0.4, 0.5) is 9.59 Å². The van der Waals surface area contributed by atoms with E-state index in [1.165, 1.54) is 6.08 Å². The fourth-order valence-corrected chi connectivity index (χ4v) is 1.09. The van der Waals surface area contributed by atoms with Gasteiger partial charge in [-0.3, -0.25) is 5.32 Å². The lowest BCUT2D eigenvalue weighted by atomic mass is 10.1. The maximum absolute atomic E-state index is 11.0. The lowest BCUT2D eigenvalue weighted by Crippen LogP contribution is -2.44. The molecule has 0 saturated carbocycles. The number of unbranched alkanes of at least 4 members (excludes halogenated alkanes) is 1. The van der Waals surface area contributed by atoms with Crippen molar-refractivity contribution in [3.63, 3.8) is 0 Å². The SMILES string of the molecule is CCCCC(CNC(=O)NC(N)=O)N=C=O. The molecule has 0 aliphatic carbocycles. The molecule has 0 aromatic rings. The van der Waals surface area contributed by atoms with Crippen LogP contribution in [0.3, 0.4) is 0 Å². The van der Waals surface area contributed by atoms with E-state index in [4.69, 9.17) is 5.73 Å². The fourth-order valence-electron chi connectivity index (χ4n) is 1.09. The minimum atomic E-state index is -0.929. The highest BCUT2D eigenvalue weighted by Crippen LogP contribution is 2.02. The summed E-state index contributed by atoms with van der Waals surface area (Å²) in [6, 6.07) is -1.94. The average Bonchev–Trinajstić information content (AvgIpc) is 2.21. The molecule has 7 heteroatoms. The third-order valence-corrected chi connectivity index (χ3v) is 1.86. The van der Waals surface area contributed by atoms with E-state index in [0.29, 0.717) is 6.42 Å². The minimum Gasteiger partial charge on any atom is -0.351 e. The zero-order valence-corrected chi connectivity index (χ0v) is 9.16. The van der Waals surface area contributed by atoms with E-state index in [1.54, 1.807) is 0 Å². The summed E-state index contributed by atoms with van der Waals surface area (Å²) < 4.78 is 0. The Morgan fingerprint density at radius 2 is 2.19 bits per heavy atom. The molecule has 16 heavy (non-hydrogen) atoms. The number of aliphatic imine (C=N–C) groups is 1. The number of carbonyl (C=O) groups is 2. The highest BCUT2D eigenvalue weighted by Gasteiger charge is 2.09. The summed E-state index contributed by atoms with van der Waals surface area (Å²) in [5.41, 5.74) is 4.74. The number of nitrogens with one attached hydrogen (secondary N) is 2. The zero-order chi connectivity index (χ0) is 12.4. The van der Waals surface area contributed by atoms with Crippen molar-refractivity contribution in [2.75, 3.05) is 6.54 Å². The second-order valence-electron chi connectivity index (χ2n) is 3.22. The first-order valence-electron chi connectivity index (χ1n) is 5.01. The molecule has 90 valence electrons. The van der Waals surface area contributed by atoms with Gasteiger partial charge in [0, 0.05) is 6.54 Å². The quantitative estimate of drug-likeness (QED) is 0.447. The molecule has 0 bridgehead atoms. The first kappa shape index (κ1) is 14.1. The molecule has 7 nitrogen and oxygen atoms in total. The topological polar surface area (TPSA) is 114 Å². The molecule has 1 unspecified atom stereocenters. The monoisotopic (exact) mass is 228 g/mol. The summed E-state index contributed by atoms with van der Waals surface area (Å²) in [7, 11) is 0. The molecular weight excluding hydrogens is 212 g/mol. The van der Waals surface area contributed by atoms with Gasteiger partial charge in [-0.1, -0.05) is 19.8 Å². The van der Waals surface area contributed by atoms with Crippen LogP contribution >= 0.6 is 0 Å². The molecule has 0 rings (SSSR count). The number of nitrogens with zero attached hydrogens (tertiary/aromatic N) is 1. The van der Waals surface area contributed by atoms with Crippen LogP contribution in [0, 0.1) is 0 Å². The molecule has 4 amide bonds. The van der Waals surface area contributed by atoms with Crippen LogP contribution in [0.5, 0.6) is 0 Å². The Balaban J connectivity index is 3.95. The molecular formula is C9H16N4O3. The van der Waals surface area contributed by atoms with Gasteiger partial charge in [-0.15, -0.1) is 0 Å². The Labute approximate surface area is 93.5 Å². The number of primary amides is 1. The van der Waals surface area contributed by atoms with Crippen molar-refractivity contribution >= 4 is 18.1 Å². The number of isocyanates is 1. The van der Waals surface area contributed by atoms with Crippen molar-refractivity contribution in [1.82, 2.24) is 10.6 Å². The van der Waals surface area contributed by atoms with Crippen molar-refractivity contribution in [2.45, 2.75) is 32.2 Å². The largest absolute Gasteiger partial charge is 0.351 e. The van der Waals surface area contributed by atoms with Crippen LogP contribution in [0.1, 0.15) is 26.2 Å². The summed E-state index contributed by atoms with van der Waals surface area (Å²) in [5, 5.41) is 4.23. The van der Waals surface area contributed by atoms with E-state index >= 15 is 0 Å². The number of rotatable bonds is 6. The smallest absolute Gasteiger partial charge is 0.322 e. The van der Waals surface area contributed by atoms with Crippen molar-refractivity contribution in [3.8, 4) is 0 Å². The summed E-state index contributed by atoms with van der Waals surface area (Å²) in [6.07, 6.45) is 4.00. The molecule has 1 atom stereocenters. The predicted octanol–water partition coefficient (Wildman–Crippen LogP) is 0.259. The summed E-state index contributed by atoms with van der Waals surface area (Å²) in [5.74, 6) is 0. The van der Waals surface area contributed by atoms with E-state index in [2.05, 4.69) is 10.3 Å². The molecule has 0 spiro atoms. The molecule has 0 aliphatic heterocycles. The van der Waals surface area contributed by atoms with Crippen molar-refractivity contribution < 1.29 is 14.4 Å². The van der Waals surface area contributed by atoms with E-state index in [9.17, 15) is 14.4 Å². The molecule has 0 aromatic carbocycles. The molecule has 0 heterocycles. The minimum absolute atomic E-state index is 0.175. The standard InChI is InChI=1S/C9H16N4O3/c1-2-3-4-7(12-6-14)5-11-9(16)13-8(10)15/h7H,2-5H2,1H3,(H4,10,11,13,15,16). The number of hydrogen-bond donors (Lipinski definition) is 3. The van der Waals surface area contributed by atoms with Crippen LogP contribution in [-0.4, -0.2) is 30.7 Å². The van der Waals surface area contributed by atoms with E-state index in [1.807, 2.05) is 12.2 Å². The Bertz CT molecular complexity index is 286. The van der Waals surface area contributed by atoms with Crippen LogP contribution in [-0.2, 0) is 4.79 Å². The Morgan fingerprint density at radius 1 is 1.50 bits per heavy atom. The van der Waals surface area contributed by atoms with Crippen LogP contribution in [0.2, 0.25) is 0 Å². The highest BCUT2D eigenvalue weighted by atomic mass is 16.2. The van der Waals surface area contributed by atoms with E-state index in [-0.39, 0.29) is 12.6 Å². The molecule has 0 aromatic heterocycles. The van der Waals surface area contributed by atoms with Gasteiger partial charge in [-0.2, -0.15) is 0 Å². The van der Waals surface area contributed by atoms with Crippen LogP contribution in [0.25, 0.3) is 0 Å². The number of urea groups is 2. The predicted molar refractivity (Wildman–Crippen MR) is 57.6 cm³/mol. The summed E-state index contributed by atoms with van der Waals surface area (Å²) >= 11 is 0. The first-order chi connectivity index (χ1) is 7.60. The number of nitrogens with two attached hydrogens (primary N) is 1.